The summed E-state index contributed by atoms with van der Waals surface area (Å²) < 4.78 is 0. The minimum atomic E-state index is 0. The third-order valence-corrected chi connectivity index (χ3v) is 7.63. The van der Waals surface area contributed by atoms with Crippen molar-refractivity contribution in [2.24, 2.45) is 0 Å². The van der Waals surface area contributed by atoms with Crippen LogP contribution in [0.25, 0.3) is 11.1 Å². The van der Waals surface area contributed by atoms with Crippen molar-refractivity contribution < 1.29 is 26.2 Å². The van der Waals surface area contributed by atoms with Gasteiger partial charge in [-0.15, -0.1) is 31.4 Å². The second-order valence-corrected chi connectivity index (χ2v) is 12.0. The van der Waals surface area contributed by atoms with Gasteiger partial charge in [0.25, 0.3) is 0 Å². The zero-order valence-electron chi connectivity index (χ0n) is 22.5. The van der Waals surface area contributed by atoms with Crippen LogP contribution >= 0.6 is 24.8 Å². The molecule has 2 aliphatic carbocycles. The first-order valence-electron chi connectivity index (χ1n) is 12.2. The number of benzene rings is 2. The molecule has 0 radical (unpaired) electrons. The van der Waals surface area contributed by atoms with E-state index >= 15 is 0 Å². The molecule has 0 fully saturated rings. The Balaban J connectivity index is 0.00000204. The van der Waals surface area contributed by atoms with Crippen LogP contribution in [-0.4, -0.2) is 0 Å². The Hall–Kier alpha value is -0.877. The minimum absolute atomic E-state index is 0. The summed E-state index contributed by atoms with van der Waals surface area (Å²) in [5, 5.41) is 0. The molecule has 0 saturated carbocycles. The van der Waals surface area contributed by atoms with Crippen LogP contribution in [0.4, 0.5) is 0 Å². The zero-order chi connectivity index (χ0) is 23.3. The second-order valence-electron chi connectivity index (χ2n) is 12.0. The maximum atomic E-state index is 4.06. The molecule has 1 atom stereocenters. The molecule has 3 heteroatoms. The molecule has 2 aliphatic rings. The van der Waals surface area contributed by atoms with E-state index in [0.29, 0.717) is 0 Å². The smallest absolute Gasteiger partial charge is 0.0148 e. The SMILES string of the molecule is C=CCCC(C)(C1=CC=CC1)c1c(C(C)(C)C)ccc2c1Cc1cc(C(C)(C)C)ccc1-2.Cl.Cl.[Zr]. The molecular formula is C32H42Cl2Zr. The molecule has 0 N–H and O–H groups in total. The van der Waals surface area contributed by atoms with Crippen LogP contribution in [0.1, 0.15) is 95.5 Å². The monoisotopic (exact) mass is 586 g/mol. The van der Waals surface area contributed by atoms with Gasteiger partial charge in [0.2, 0.25) is 0 Å². The standard InChI is InChI=1S/C32H40.2ClH.Zr/c1-9-10-19-32(8,23-13-11-12-14-23)29-27-21-22-20-24(30(2,3)4)15-16-25(22)26(27)17-18-28(29)31(5,6)7;;;/h9,11-13,15-18,20H,1,10,14,19,21H2,2-8H3;2*1H;. The topological polar surface area (TPSA) is 0 Å². The summed E-state index contributed by atoms with van der Waals surface area (Å²) in [5.74, 6) is 0. The summed E-state index contributed by atoms with van der Waals surface area (Å²) in [6.45, 7) is 20.6. The van der Waals surface area contributed by atoms with Crippen LogP contribution in [0.3, 0.4) is 0 Å². The summed E-state index contributed by atoms with van der Waals surface area (Å²) in [6.07, 6.45) is 13.2. The molecule has 1 unspecified atom stereocenters. The van der Waals surface area contributed by atoms with Gasteiger partial charge in [-0.3, -0.25) is 0 Å². The van der Waals surface area contributed by atoms with E-state index in [1.165, 1.54) is 27.8 Å². The molecule has 35 heavy (non-hydrogen) atoms. The number of hydrogen-bond acceptors (Lipinski definition) is 0. The third-order valence-electron chi connectivity index (χ3n) is 7.63. The third kappa shape index (κ3) is 6.00. The van der Waals surface area contributed by atoms with Crippen molar-refractivity contribution in [3.63, 3.8) is 0 Å². The van der Waals surface area contributed by atoms with Crippen molar-refractivity contribution in [3.05, 3.63) is 94.6 Å². The van der Waals surface area contributed by atoms with Gasteiger partial charge in [-0.05, 0) is 75.5 Å². The predicted molar refractivity (Wildman–Crippen MR) is 155 cm³/mol. The average Bonchev–Trinajstić information content (AvgIpc) is 3.37. The molecule has 4 rings (SSSR count). The van der Waals surface area contributed by atoms with Gasteiger partial charge < -0.3 is 0 Å². The molecule has 0 heterocycles. The van der Waals surface area contributed by atoms with Gasteiger partial charge in [0.05, 0.1) is 0 Å². The van der Waals surface area contributed by atoms with Gasteiger partial charge >= 0.3 is 0 Å². The van der Waals surface area contributed by atoms with E-state index in [-0.39, 0.29) is 67.3 Å². The fraction of sp³-hybridized carbons (Fsp3) is 0.438. The predicted octanol–water partition coefficient (Wildman–Crippen LogP) is 9.80. The number of hydrogen-bond donors (Lipinski definition) is 0. The van der Waals surface area contributed by atoms with E-state index in [0.717, 1.165) is 25.7 Å². The van der Waals surface area contributed by atoms with Crippen LogP contribution in [-0.2, 0) is 48.9 Å². The fourth-order valence-electron chi connectivity index (χ4n) is 5.69. The van der Waals surface area contributed by atoms with Crippen molar-refractivity contribution in [3.8, 4) is 11.1 Å². The summed E-state index contributed by atoms with van der Waals surface area (Å²) >= 11 is 0. The first kappa shape index (κ1) is 32.2. The number of allylic oxidation sites excluding steroid dienone is 5. The summed E-state index contributed by atoms with van der Waals surface area (Å²) in [5.41, 5.74) is 12.2. The Labute approximate surface area is 245 Å². The maximum Gasteiger partial charge on any atom is 0.0148 e. The zero-order valence-corrected chi connectivity index (χ0v) is 26.6. The van der Waals surface area contributed by atoms with Gasteiger partial charge in [0.15, 0.2) is 0 Å². The first-order valence-corrected chi connectivity index (χ1v) is 12.2. The molecule has 0 amide bonds. The fourth-order valence-corrected chi connectivity index (χ4v) is 5.69. The molecule has 2 aromatic rings. The molecule has 0 aromatic heterocycles. The first-order chi connectivity index (χ1) is 15.0. The van der Waals surface area contributed by atoms with Crippen LogP contribution in [0, 0.1) is 0 Å². The quantitative estimate of drug-likeness (QED) is 0.260. The maximum absolute atomic E-state index is 4.06. The Bertz CT molecular complexity index is 1130. The minimum Gasteiger partial charge on any atom is -0.147 e. The summed E-state index contributed by atoms with van der Waals surface area (Å²) in [4.78, 5) is 0. The van der Waals surface area contributed by atoms with Crippen molar-refractivity contribution >= 4 is 24.8 Å². The molecule has 0 spiro atoms. The number of halogens is 2. The van der Waals surface area contributed by atoms with E-state index in [1.54, 1.807) is 16.7 Å². The Kier molecular flexibility index (Phi) is 10.7. The number of fused-ring (bicyclic) bond motifs is 3. The second kappa shape index (κ2) is 11.7. The molecule has 2 aromatic carbocycles. The van der Waals surface area contributed by atoms with E-state index in [2.05, 4.69) is 110 Å². The molecule has 188 valence electrons. The molecule has 0 saturated heterocycles. The summed E-state index contributed by atoms with van der Waals surface area (Å²) in [6, 6.07) is 12.0. The van der Waals surface area contributed by atoms with Gasteiger partial charge in [-0.1, -0.05) is 109 Å². The summed E-state index contributed by atoms with van der Waals surface area (Å²) in [7, 11) is 0. The largest absolute Gasteiger partial charge is 0.147 e. The van der Waals surface area contributed by atoms with E-state index < -0.39 is 0 Å². The van der Waals surface area contributed by atoms with Crippen molar-refractivity contribution in [2.75, 3.05) is 0 Å². The van der Waals surface area contributed by atoms with Crippen molar-refractivity contribution in [1.82, 2.24) is 0 Å². The molecule has 0 nitrogen and oxygen atoms in total. The van der Waals surface area contributed by atoms with E-state index in [9.17, 15) is 0 Å². The van der Waals surface area contributed by atoms with Gasteiger partial charge in [-0.25, -0.2) is 0 Å². The van der Waals surface area contributed by atoms with Crippen LogP contribution in [0.15, 0.2) is 66.8 Å². The van der Waals surface area contributed by atoms with Crippen molar-refractivity contribution in [2.45, 2.75) is 90.4 Å². The average molecular weight is 589 g/mol. The van der Waals surface area contributed by atoms with Crippen molar-refractivity contribution in [1.29, 1.82) is 0 Å². The van der Waals surface area contributed by atoms with Crippen LogP contribution in [0.2, 0.25) is 0 Å². The van der Waals surface area contributed by atoms with Crippen LogP contribution in [0.5, 0.6) is 0 Å². The van der Waals surface area contributed by atoms with E-state index in [1.807, 2.05) is 0 Å². The Morgan fingerprint density at radius 1 is 0.886 bits per heavy atom. The van der Waals surface area contributed by atoms with Crippen LogP contribution < -0.4 is 0 Å². The van der Waals surface area contributed by atoms with E-state index in [4.69, 9.17) is 0 Å². The normalized spacial score (nSPS) is 15.6. The molecular weight excluding hydrogens is 546 g/mol. The van der Waals surface area contributed by atoms with Gasteiger partial charge in [0, 0.05) is 31.6 Å². The van der Waals surface area contributed by atoms with Gasteiger partial charge in [-0.2, -0.15) is 0 Å². The molecule has 0 bridgehead atoms. The Morgan fingerprint density at radius 2 is 1.54 bits per heavy atom. The van der Waals surface area contributed by atoms with Gasteiger partial charge in [0.1, 0.15) is 0 Å². The molecule has 0 aliphatic heterocycles. The Morgan fingerprint density at radius 3 is 2.09 bits per heavy atom. The number of rotatable bonds is 5.